The molecule has 2 N–H and O–H groups in total. The van der Waals surface area contributed by atoms with Crippen LogP contribution in [0.15, 0.2) is 60.0 Å². The molecule has 3 aromatic rings. The number of ether oxygens (including phenoxy) is 1. The Hall–Kier alpha value is -3.65. The molecule has 8 heteroatoms. The molecule has 3 heterocycles. The van der Waals surface area contributed by atoms with Crippen molar-refractivity contribution in [3.8, 4) is 16.2 Å². The lowest BCUT2D eigenvalue weighted by molar-refractivity contribution is -0.119. The topological polar surface area (TPSA) is 87.7 Å². The second kappa shape index (κ2) is 8.12. The molecule has 2 unspecified atom stereocenters. The van der Waals surface area contributed by atoms with Crippen LogP contribution in [0.4, 0.5) is 5.69 Å². The first-order chi connectivity index (χ1) is 15.5. The standard InChI is InChI=1S/C24H21N3O4S/c1-31-17-7-4-14(5-8-17)22(28)25-16-12-20-23(29)26-19-9-6-15(21-3-2-10-32-21)11-18(19)24(30)27(20)13-16/h2-11,16,20H,12-13H2,1H3,(H,25,28)(H,26,29). The number of amides is 3. The van der Waals surface area contributed by atoms with Crippen molar-refractivity contribution in [2.75, 3.05) is 19.0 Å². The highest BCUT2D eigenvalue weighted by Gasteiger charge is 2.43. The maximum atomic E-state index is 13.4. The van der Waals surface area contributed by atoms with Gasteiger partial charge in [-0.25, -0.2) is 0 Å². The van der Waals surface area contributed by atoms with Gasteiger partial charge in [-0.05, 0) is 59.8 Å². The molecule has 0 aliphatic carbocycles. The number of hydrogen-bond donors (Lipinski definition) is 2. The van der Waals surface area contributed by atoms with Crippen molar-refractivity contribution in [1.29, 1.82) is 0 Å². The predicted octanol–water partition coefficient (Wildman–Crippen LogP) is 3.39. The minimum atomic E-state index is -0.624. The molecule has 2 aliphatic rings. The molecule has 1 saturated heterocycles. The lowest BCUT2D eigenvalue weighted by Crippen LogP contribution is -2.41. The van der Waals surface area contributed by atoms with E-state index in [1.54, 1.807) is 53.7 Å². The lowest BCUT2D eigenvalue weighted by Gasteiger charge is -2.20. The van der Waals surface area contributed by atoms with E-state index < -0.39 is 6.04 Å². The highest BCUT2D eigenvalue weighted by molar-refractivity contribution is 7.13. The van der Waals surface area contributed by atoms with Gasteiger partial charge in [-0.2, -0.15) is 0 Å². The summed E-state index contributed by atoms with van der Waals surface area (Å²) in [7, 11) is 1.57. The van der Waals surface area contributed by atoms with Gasteiger partial charge in [0.05, 0.1) is 18.4 Å². The number of nitrogens with zero attached hydrogens (tertiary/aromatic N) is 1. The molecule has 0 radical (unpaired) electrons. The lowest BCUT2D eigenvalue weighted by atomic mass is 10.1. The molecule has 1 aromatic heterocycles. The molecular weight excluding hydrogens is 426 g/mol. The summed E-state index contributed by atoms with van der Waals surface area (Å²) in [6.45, 7) is 0.279. The quantitative estimate of drug-likeness (QED) is 0.642. The van der Waals surface area contributed by atoms with Gasteiger partial charge in [0.15, 0.2) is 0 Å². The molecular formula is C24H21N3O4S. The van der Waals surface area contributed by atoms with Gasteiger partial charge in [-0.3, -0.25) is 14.4 Å². The Bertz CT molecular complexity index is 1190. The van der Waals surface area contributed by atoms with Crippen LogP contribution in [0.25, 0.3) is 10.4 Å². The van der Waals surface area contributed by atoms with Crippen LogP contribution in [0.1, 0.15) is 27.1 Å². The van der Waals surface area contributed by atoms with E-state index in [0.29, 0.717) is 29.0 Å². The van der Waals surface area contributed by atoms with E-state index in [2.05, 4.69) is 10.6 Å². The number of nitrogens with one attached hydrogen (secondary N) is 2. The average molecular weight is 448 g/mol. The molecule has 2 aliphatic heterocycles. The zero-order valence-corrected chi connectivity index (χ0v) is 18.1. The van der Waals surface area contributed by atoms with E-state index in [1.165, 1.54) is 0 Å². The number of anilines is 1. The maximum Gasteiger partial charge on any atom is 0.256 e. The minimum absolute atomic E-state index is 0.206. The first kappa shape index (κ1) is 20.3. The summed E-state index contributed by atoms with van der Waals surface area (Å²) in [5.74, 6) is -0.0210. The van der Waals surface area contributed by atoms with Crippen molar-refractivity contribution >= 4 is 34.7 Å². The average Bonchev–Trinajstić information content (AvgIpc) is 3.48. The van der Waals surface area contributed by atoms with Crippen molar-refractivity contribution in [3.63, 3.8) is 0 Å². The van der Waals surface area contributed by atoms with Gasteiger partial charge in [0.1, 0.15) is 11.8 Å². The van der Waals surface area contributed by atoms with Crippen LogP contribution in [0, 0.1) is 0 Å². The van der Waals surface area contributed by atoms with Gasteiger partial charge < -0.3 is 20.3 Å². The van der Waals surface area contributed by atoms with E-state index in [0.717, 1.165) is 10.4 Å². The van der Waals surface area contributed by atoms with Gasteiger partial charge in [0, 0.05) is 23.0 Å². The summed E-state index contributed by atoms with van der Waals surface area (Å²) in [4.78, 5) is 41.5. The van der Waals surface area contributed by atoms with Crippen molar-refractivity contribution in [2.24, 2.45) is 0 Å². The van der Waals surface area contributed by atoms with E-state index in [-0.39, 0.29) is 30.3 Å². The SMILES string of the molecule is COc1ccc(C(=O)NC2CC3C(=O)Nc4ccc(-c5cccs5)cc4C(=O)N3C2)cc1. The molecule has 2 atom stereocenters. The Morgan fingerprint density at radius 3 is 2.69 bits per heavy atom. The number of rotatable bonds is 4. The molecule has 5 rings (SSSR count). The molecule has 162 valence electrons. The zero-order chi connectivity index (χ0) is 22.2. The molecule has 32 heavy (non-hydrogen) atoms. The number of hydrogen-bond acceptors (Lipinski definition) is 5. The van der Waals surface area contributed by atoms with Gasteiger partial charge in [-0.1, -0.05) is 12.1 Å². The summed E-state index contributed by atoms with van der Waals surface area (Å²) < 4.78 is 5.12. The summed E-state index contributed by atoms with van der Waals surface area (Å²) in [6.07, 6.45) is 0.366. The third kappa shape index (κ3) is 3.62. The number of carbonyl (C=O) groups is 3. The summed E-state index contributed by atoms with van der Waals surface area (Å²) >= 11 is 1.59. The fourth-order valence-electron chi connectivity index (χ4n) is 4.22. The van der Waals surface area contributed by atoms with Crippen LogP contribution < -0.4 is 15.4 Å². The van der Waals surface area contributed by atoms with Crippen molar-refractivity contribution < 1.29 is 19.1 Å². The third-order valence-electron chi connectivity index (χ3n) is 5.87. The Morgan fingerprint density at radius 2 is 1.97 bits per heavy atom. The number of methoxy groups -OCH3 is 1. The second-order valence-corrected chi connectivity index (χ2v) is 8.78. The van der Waals surface area contributed by atoms with Crippen molar-refractivity contribution in [1.82, 2.24) is 10.2 Å². The van der Waals surface area contributed by atoms with Gasteiger partial charge in [0.25, 0.3) is 11.8 Å². The zero-order valence-electron chi connectivity index (χ0n) is 17.3. The first-order valence-corrected chi connectivity index (χ1v) is 11.2. The van der Waals surface area contributed by atoms with E-state index in [1.807, 2.05) is 29.6 Å². The second-order valence-electron chi connectivity index (χ2n) is 7.83. The van der Waals surface area contributed by atoms with Gasteiger partial charge in [0.2, 0.25) is 5.91 Å². The van der Waals surface area contributed by atoms with E-state index >= 15 is 0 Å². The molecule has 0 bridgehead atoms. The first-order valence-electron chi connectivity index (χ1n) is 10.3. The Labute approximate surface area is 189 Å². The van der Waals surface area contributed by atoms with E-state index in [9.17, 15) is 14.4 Å². The molecule has 0 saturated carbocycles. The molecule has 7 nitrogen and oxygen atoms in total. The monoisotopic (exact) mass is 447 g/mol. The Morgan fingerprint density at radius 1 is 1.16 bits per heavy atom. The number of thiophene rings is 1. The summed E-state index contributed by atoms with van der Waals surface area (Å²) in [5.41, 5.74) is 2.42. The Balaban J connectivity index is 1.36. The smallest absolute Gasteiger partial charge is 0.256 e. The van der Waals surface area contributed by atoms with Crippen molar-refractivity contribution in [2.45, 2.75) is 18.5 Å². The van der Waals surface area contributed by atoms with Gasteiger partial charge >= 0.3 is 0 Å². The van der Waals surface area contributed by atoms with Crippen LogP contribution >= 0.6 is 11.3 Å². The normalized spacial score (nSPS) is 19.6. The Kier molecular flexibility index (Phi) is 5.14. The summed E-state index contributed by atoms with van der Waals surface area (Å²) in [6, 6.07) is 15.3. The number of benzene rings is 2. The fourth-order valence-corrected chi connectivity index (χ4v) is 4.95. The molecule has 2 aromatic carbocycles. The fraction of sp³-hybridized carbons (Fsp3) is 0.208. The highest BCUT2D eigenvalue weighted by Crippen LogP contribution is 2.33. The molecule has 0 spiro atoms. The third-order valence-corrected chi connectivity index (χ3v) is 6.78. The van der Waals surface area contributed by atoms with Crippen molar-refractivity contribution in [3.05, 3.63) is 71.1 Å². The van der Waals surface area contributed by atoms with Gasteiger partial charge in [-0.15, -0.1) is 11.3 Å². The number of fused-ring (bicyclic) bond motifs is 2. The molecule has 3 amide bonds. The molecule has 1 fully saturated rings. The van der Waals surface area contributed by atoms with Crippen LogP contribution in [-0.2, 0) is 4.79 Å². The largest absolute Gasteiger partial charge is 0.497 e. The highest BCUT2D eigenvalue weighted by atomic mass is 32.1. The van der Waals surface area contributed by atoms with Crippen LogP contribution in [0.2, 0.25) is 0 Å². The summed E-state index contributed by atoms with van der Waals surface area (Å²) in [5, 5.41) is 7.83. The van der Waals surface area contributed by atoms with E-state index in [4.69, 9.17) is 4.74 Å². The maximum absolute atomic E-state index is 13.4. The van der Waals surface area contributed by atoms with Crippen LogP contribution in [0.5, 0.6) is 5.75 Å². The van der Waals surface area contributed by atoms with Crippen LogP contribution in [0.3, 0.4) is 0 Å². The number of carbonyl (C=O) groups excluding carboxylic acids is 3. The predicted molar refractivity (Wildman–Crippen MR) is 122 cm³/mol. The minimum Gasteiger partial charge on any atom is -0.497 e. The van der Waals surface area contributed by atoms with Crippen LogP contribution in [-0.4, -0.2) is 48.4 Å².